The second-order valence-electron chi connectivity index (χ2n) is 4.55. The minimum atomic E-state index is 0.635. The van der Waals surface area contributed by atoms with Crippen molar-refractivity contribution < 1.29 is 4.74 Å². The quantitative estimate of drug-likeness (QED) is 0.793. The fraction of sp³-hybridized carbons (Fsp3) is 0.200. The summed E-state index contributed by atoms with van der Waals surface area (Å²) in [6.07, 6.45) is 0. The van der Waals surface area contributed by atoms with Crippen LogP contribution in [-0.2, 0) is 0 Å². The molecule has 0 amide bonds. The Bertz CT molecular complexity index is 764. The molecule has 0 bridgehead atoms. The summed E-state index contributed by atoms with van der Waals surface area (Å²) >= 11 is 0. The minimum absolute atomic E-state index is 0.635. The first-order valence-electron chi connectivity index (χ1n) is 6.54. The van der Waals surface area contributed by atoms with Crippen LogP contribution in [0.4, 0.5) is 5.69 Å². The zero-order chi connectivity index (χ0) is 14.1. The molecule has 0 atom stereocenters. The molecule has 0 saturated heterocycles. The average Bonchev–Trinajstić information content (AvgIpc) is 2.88. The van der Waals surface area contributed by atoms with Gasteiger partial charge in [-0.15, -0.1) is 10.2 Å². The van der Waals surface area contributed by atoms with Gasteiger partial charge in [0.25, 0.3) is 0 Å². The standard InChI is InChI=1S/C15H16N4O/c1-3-20-12-6-4-5-11(9-12)15-18-17-14-8-7-13(16)10(2)19(14)15/h4-9H,3,16H2,1-2H3. The molecule has 0 aliphatic heterocycles. The third-order valence-corrected chi connectivity index (χ3v) is 3.26. The van der Waals surface area contributed by atoms with E-state index in [1.165, 1.54) is 0 Å². The van der Waals surface area contributed by atoms with Gasteiger partial charge in [-0.3, -0.25) is 4.40 Å². The summed E-state index contributed by atoms with van der Waals surface area (Å²) in [6, 6.07) is 11.5. The van der Waals surface area contributed by atoms with Gasteiger partial charge in [0.1, 0.15) is 5.75 Å². The summed E-state index contributed by atoms with van der Waals surface area (Å²) in [6.45, 7) is 4.56. The molecule has 0 saturated carbocycles. The van der Waals surface area contributed by atoms with E-state index in [4.69, 9.17) is 10.5 Å². The molecule has 3 rings (SSSR count). The molecule has 2 heterocycles. The van der Waals surface area contributed by atoms with Gasteiger partial charge in [0.2, 0.25) is 0 Å². The first-order chi connectivity index (χ1) is 9.70. The van der Waals surface area contributed by atoms with Crippen molar-refractivity contribution in [1.82, 2.24) is 14.6 Å². The van der Waals surface area contributed by atoms with E-state index in [1.54, 1.807) is 0 Å². The van der Waals surface area contributed by atoms with Gasteiger partial charge in [-0.1, -0.05) is 12.1 Å². The summed E-state index contributed by atoms with van der Waals surface area (Å²) in [5, 5.41) is 8.46. The highest BCUT2D eigenvalue weighted by molar-refractivity contribution is 5.64. The van der Waals surface area contributed by atoms with Crippen LogP contribution in [0.15, 0.2) is 36.4 Å². The van der Waals surface area contributed by atoms with Gasteiger partial charge in [-0.05, 0) is 38.1 Å². The average molecular weight is 268 g/mol. The van der Waals surface area contributed by atoms with Crippen LogP contribution in [0.3, 0.4) is 0 Å². The van der Waals surface area contributed by atoms with Gasteiger partial charge in [0.05, 0.1) is 12.3 Å². The van der Waals surface area contributed by atoms with E-state index in [1.807, 2.05) is 54.6 Å². The molecule has 2 N–H and O–H groups in total. The second-order valence-corrected chi connectivity index (χ2v) is 4.55. The number of pyridine rings is 1. The zero-order valence-electron chi connectivity index (χ0n) is 11.5. The molecule has 20 heavy (non-hydrogen) atoms. The topological polar surface area (TPSA) is 65.4 Å². The molecule has 5 heteroatoms. The van der Waals surface area contributed by atoms with E-state index < -0.39 is 0 Å². The predicted octanol–water partition coefficient (Wildman–Crippen LogP) is 2.69. The van der Waals surface area contributed by atoms with Crippen LogP contribution in [0.1, 0.15) is 12.6 Å². The Kier molecular flexibility index (Phi) is 3.02. The van der Waals surface area contributed by atoms with Gasteiger partial charge in [-0.2, -0.15) is 0 Å². The van der Waals surface area contributed by atoms with Crippen LogP contribution in [0, 0.1) is 6.92 Å². The van der Waals surface area contributed by atoms with Gasteiger partial charge in [-0.25, -0.2) is 0 Å². The molecule has 102 valence electrons. The maximum Gasteiger partial charge on any atom is 0.168 e. The zero-order valence-corrected chi connectivity index (χ0v) is 11.5. The molecule has 2 aromatic heterocycles. The van der Waals surface area contributed by atoms with E-state index in [-0.39, 0.29) is 0 Å². The van der Waals surface area contributed by atoms with E-state index in [0.29, 0.717) is 6.61 Å². The minimum Gasteiger partial charge on any atom is -0.494 e. The van der Waals surface area contributed by atoms with Crippen molar-refractivity contribution in [2.24, 2.45) is 0 Å². The van der Waals surface area contributed by atoms with E-state index >= 15 is 0 Å². The molecular weight excluding hydrogens is 252 g/mol. The molecular formula is C15H16N4O. The van der Waals surface area contributed by atoms with Crippen molar-refractivity contribution in [1.29, 1.82) is 0 Å². The van der Waals surface area contributed by atoms with Crippen molar-refractivity contribution in [2.75, 3.05) is 12.3 Å². The number of aromatic nitrogens is 3. The number of nitrogens with zero attached hydrogens (tertiary/aromatic N) is 3. The molecule has 3 aromatic rings. The largest absolute Gasteiger partial charge is 0.494 e. The number of nitrogen functional groups attached to an aromatic ring is 1. The number of aryl methyl sites for hydroxylation is 1. The molecule has 0 fully saturated rings. The Morgan fingerprint density at radius 3 is 2.85 bits per heavy atom. The molecule has 0 aliphatic carbocycles. The number of anilines is 1. The highest BCUT2D eigenvalue weighted by atomic mass is 16.5. The van der Waals surface area contributed by atoms with Crippen LogP contribution in [-0.4, -0.2) is 21.2 Å². The van der Waals surface area contributed by atoms with Gasteiger partial charge < -0.3 is 10.5 Å². The van der Waals surface area contributed by atoms with Crippen LogP contribution >= 0.6 is 0 Å². The van der Waals surface area contributed by atoms with Crippen molar-refractivity contribution in [3.05, 3.63) is 42.1 Å². The first kappa shape index (κ1) is 12.5. The number of hydrogen-bond acceptors (Lipinski definition) is 4. The maximum atomic E-state index is 5.97. The number of rotatable bonds is 3. The lowest BCUT2D eigenvalue weighted by atomic mass is 10.2. The number of fused-ring (bicyclic) bond motifs is 1. The van der Waals surface area contributed by atoms with Crippen LogP contribution in [0.5, 0.6) is 5.75 Å². The SMILES string of the molecule is CCOc1cccc(-c2nnc3ccc(N)c(C)n23)c1. The first-order valence-corrected chi connectivity index (χ1v) is 6.54. The van der Waals surface area contributed by atoms with Crippen LogP contribution in [0.25, 0.3) is 17.0 Å². The van der Waals surface area contributed by atoms with Crippen LogP contribution in [0.2, 0.25) is 0 Å². The summed E-state index contributed by atoms with van der Waals surface area (Å²) in [5.41, 5.74) is 9.37. The third kappa shape index (κ3) is 1.97. The van der Waals surface area contributed by atoms with Crippen molar-refractivity contribution in [2.45, 2.75) is 13.8 Å². The third-order valence-electron chi connectivity index (χ3n) is 3.26. The lowest BCUT2D eigenvalue weighted by Gasteiger charge is -2.08. The molecule has 0 radical (unpaired) electrons. The number of hydrogen-bond donors (Lipinski definition) is 1. The summed E-state index contributed by atoms with van der Waals surface area (Å²) in [7, 11) is 0. The normalized spacial score (nSPS) is 10.9. The lowest BCUT2D eigenvalue weighted by molar-refractivity contribution is 0.340. The van der Waals surface area contributed by atoms with Gasteiger partial charge in [0.15, 0.2) is 11.5 Å². The molecule has 0 unspecified atom stereocenters. The Balaban J connectivity index is 2.19. The number of ether oxygens (including phenoxy) is 1. The Hall–Kier alpha value is -2.56. The van der Waals surface area contributed by atoms with Crippen molar-refractivity contribution in [3.8, 4) is 17.1 Å². The van der Waals surface area contributed by atoms with Crippen LogP contribution < -0.4 is 10.5 Å². The Morgan fingerprint density at radius 2 is 2.05 bits per heavy atom. The maximum absolute atomic E-state index is 5.97. The fourth-order valence-electron chi connectivity index (χ4n) is 2.23. The molecule has 0 aliphatic rings. The highest BCUT2D eigenvalue weighted by Crippen LogP contribution is 2.25. The molecule has 5 nitrogen and oxygen atoms in total. The fourth-order valence-corrected chi connectivity index (χ4v) is 2.23. The molecule has 1 aromatic carbocycles. The summed E-state index contributed by atoms with van der Waals surface area (Å²) in [4.78, 5) is 0. The van der Waals surface area contributed by atoms with Gasteiger partial charge in [0, 0.05) is 11.3 Å². The van der Waals surface area contributed by atoms with Gasteiger partial charge >= 0.3 is 0 Å². The summed E-state index contributed by atoms with van der Waals surface area (Å²) in [5.74, 6) is 1.59. The smallest absolute Gasteiger partial charge is 0.168 e. The van der Waals surface area contributed by atoms with Crippen molar-refractivity contribution in [3.63, 3.8) is 0 Å². The monoisotopic (exact) mass is 268 g/mol. The Labute approximate surface area is 117 Å². The molecule has 0 spiro atoms. The number of benzene rings is 1. The Morgan fingerprint density at radius 1 is 1.20 bits per heavy atom. The van der Waals surface area contributed by atoms with E-state index in [9.17, 15) is 0 Å². The second kappa shape index (κ2) is 4.85. The van der Waals surface area contributed by atoms with E-state index in [2.05, 4.69) is 10.2 Å². The summed E-state index contributed by atoms with van der Waals surface area (Å²) < 4.78 is 7.49. The van der Waals surface area contributed by atoms with E-state index in [0.717, 1.165) is 34.2 Å². The number of nitrogens with two attached hydrogens (primary N) is 1. The highest BCUT2D eigenvalue weighted by Gasteiger charge is 2.11. The lowest BCUT2D eigenvalue weighted by Crippen LogP contribution is -2.00. The van der Waals surface area contributed by atoms with Crippen molar-refractivity contribution >= 4 is 11.3 Å². The predicted molar refractivity (Wildman–Crippen MR) is 78.7 cm³/mol.